The lowest BCUT2D eigenvalue weighted by Gasteiger charge is -2.19. The quantitative estimate of drug-likeness (QED) is 0.430. The Morgan fingerprint density at radius 2 is 1.89 bits per heavy atom. The number of anilines is 3. The van der Waals surface area contributed by atoms with Crippen molar-refractivity contribution < 1.29 is 9.13 Å². The largest absolute Gasteiger partial charge is 0.489 e. The Morgan fingerprint density at radius 3 is 2.71 bits per heavy atom. The molecule has 10 heteroatoms. The Bertz CT molecular complexity index is 1310. The summed E-state index contributed by atoms with van der Waals surface area (Å²) in [6.45, 7) is 7.52. The first-order valence-electron chi connectivity index (χ1n) is 11.7. The predicted octanol–water partition coefficient (Wildman–Crippen LogP) is 3.95. The topological polar surface area (TPSA) is 101 Å². The third-order valence-corrected chi connectivity index (χ3v) is 5.60. The van der Waals surface area contributed by atoms with Crippen LogP contribution in [-0.4, -0.2) is 57.2 Å². The van der Waals surface area contributed by atoms with Crippen LogP contribution in [0.15, 0.2) is 49.1 Å². The van der Waals surface area contributed by atoms with E-state index in [2.05, 4.69) is 35.5 Å². The minimum atomic E-state index is -0.376. The highest BCUT2D eigenvalue weighted by atomic mass is 19.1. The van der Waals surface area contributed by atoms with Crippen LogP contribution in [0.4, 0.5) is 21.8 Å². The lowest BCUT2D eigenvalue weighted by molar-refractivity contribution is 0.243. The van der Waals surface area contributed by atoms with E-state index in [9.17, 15) is 4.39 Å². The zero-order valence-corrected chi connectivity index (χ0v) is 19.7. The average Bonchev–Trinajstić information content (AvgIpc) is 3.15. The number of nitrogens with zero attached hydrogens (tertiary/aromatic N) is 6. The number of ether oxygens (including phenoxy) is 1. The zero-order valence-electron chi connectivity index (χ0n) is 19.7. The van der Waals surface area contributed by atoms with Gasteiger partial charge in [0, 0.05) is 43.7 Å². The Kier molecular flexibility index (Phi) is 6.62. The van der Waals surface area contributed by atoms with Crippen LogP contribution in [0.2, 0.25) is 0 Å². The molecule has 35 heavy (non-hydrogen) atoms. The van der Waals surface area contributed by atoms with Gasteiger partial charge < -0.3 is 20.3 Å². The molecule has 0 unspecified atom stereocenters. The van der Waals surface area contributed by atoms with E-state index in [0.29, 0.717) is 34.0 Å². The van der Waals surface area contributed by atoms with Gasteiger partial charge in [-0.05, 0) is 51.1 Å². The van der Waals surface area contributed by atoms with E-state index in [1.807, 2.05) is 26.0 Å². The Hall–Kier alpha value is -3.92. The van der Waals surface area contributed by atoms with Gasteiger partial charge in [-0.25, -0.2) is 29.3 Å². The van der Waals surface area contributed by atoms with Gasteiger partial charge in [-0.15, -0.1) is 0 Å². The maximum Gasteiger partial charge on any atom is 0.225 e. The third-order valence-electron chi connectivity index (χ3n) is 5.60. The second-order valence-corrected chi connectivity index (χ2v) is 8.58. The smallest absolute Gasteiger partial charge is 0.225 e. The summed E-state index contributed by atoms with van der Waals surface area (Å²) in [7, 11) is 0. The van der Waals surface area contributed by atoms with Crippen molar-refractivity contribution in [1.29, 1.82) is 0 Å². The van der Waals surface area contributed by atoms with E-state index < -0.39 is 0 Å². The lowest BCUT2D eigenvalue weighted by Crippen LogP contribution is -2.29. The summed E-state index contributed by atoms with van der Waals surface area (Å²) in [6, 6.07) is 8.12. The third kappa shape index (κ3) is 5.27. The zero-order chi connectivity index (χ0) is 24.2. The molecule has 0 spiro atoms. The van der Waals surface area contributed by atoms with E-state index in [-0.39, 0.29) is 11.9 Å². The highest BCUT2D eigenvalue weighted by molar-refractivity contribution is 5.89. The van der Waals surface area contributed by atoms with Crippen molar-refractivity contribution >= 4 is 28.5 Å². The fourth-order valence-corrected chi connectivity index (χ4v) is 3.93. The highest BCUT2D eigenvalue weighted by Gasteiger charge is 2.15. The fourth-order valence-electron chi connectivity index (χ4n) is 3.93. The van der Waals surface area contributed by atoms with Crippen molar-refractivity contribution in [2.45, 2.75) is 26.4 Å². The lowest BCUT2D eigenvalue weighted by atomic mass is 10.2. The van der Waals surface area contributed by atoms with Gasteiger partial charge >= 0.3 is 0 Å². The van der Waals surface area contributed by atoms with Crippen LogP contribution in [0.25, 0.3) is 22.3 Å². The van der Waals surface area contributed by atoms with Gasteiger partial charge in [0.25, 0.3) is 0 Å². The van der Waals surface area contributed by atoms with Crippen molar-refractivity contribution in [3.8, 4) is 17.0 Å². The van der Waals surface area contributed by atoms with Crippen molar-refractivity contribution in [2.75, 3.05) is 36.4 Å². The standard InChI is InChI=1S/C25H27FN8O/c1-16(2)35-22-12-18(26)4-5-20(22)33-24-23-21(30-15-31-24)7-6-19(32-23)17-13-28-25(29-14-17)34-10-3-8-27-9-11-34/h4-7,12-16,27H,3,8-11H2,1-2H3,(H,30,31,33). The molecular weight excluding hydrogens is 447 g/mol. The van der Waals surface area contributed by atoms with E-state index >= 15 is 0 Å². The van der Waals surface area contributed by atoms with Crippen LogP contribution < -0.4 is 20.3 Å². The van der Waals surface area contributed by atoms with Gasteiger partial charge in [-0.2, -0.15) is 0 Å². The van der Waals surface area contributed by atoms with Gasteiger partial charge in [-0.3, -0.25) is 0 Å². The molecular formula is C25H27FN8O. The molecule has 9 nitrogen and oxygen atoms in total. The molecule has 0 bridgehead atoms. The van der Waals surface area contributed by atoms with Crippen molar-refractivity contribution in [2.24, 2.45) is 0 Å². The first-order valence-corrected chi connectivity index (χ1v) is 11.7. The number of aromatic nitrogens is 5. The number of hydrogen-bond acceptors (Lipinski definition) is 9. The average molecular weight is 475 g/mol. The summed E-state index contributed by atoms with van der Waals surface area (Å²) in [6.07, 6.45) is 6.00. The molecule has 3 aromatic heterocycles. The van der Waals surface area contributed by atoms with Gasteiger partial charge in [0.15, 0.2) is 5.82 Å². The molecule has 1 aliphatic rings. The molecule has 1 saturated heterocycles. The maximum absolute atomic E-state index is 13.8. The second-order valence-electron chi connectivity index (χ2n) is 8.58. The molecule has 180 valence electrons. The molecule has 0 aliphatic carbocycles. The number of halogens is 1. The molecule has 1 aliphatic heterocycles. The molecule has 5 rings (SSSR count). The predicted molar refractivity (Wildman–Crippen MR) is 134 cm³/mol. The SMILES string of the molecule is CC(C)Oc1cc(F)ccc1Nc1ncnc2ccc(-c3cnc(N4CCCNCC4)nc3)nc12. The van der Waals surface area contributed by atoms with Crippen LogP contribution in [0, 0.1) is 5.82 Å². The number of hydrogen-bond donors (Lipinski definition) is 2. The normalized spacial score (nSPS) is 14.2. The summed E-state index contributed by atoms with van der Waals surface area (Å²) in [5.41, 5.74) is 3.34. The number of benzene rings is 1. The van der Waals surface area contributed by atoms with E-state index in [1.54, 1.807) is 18.5 Å². The van der Waals surface area contributed by atoms with E-state index in [0.717, 1.165) is 44.1 Å². The molecule has 1 aromatic carbocycles. The number of pyridine rings is 1. The number of fused-ring (bicyclic) bond motifs is 1. The van der Waals surface area contributed by atoms with E-state index in [1.165, 1.54) is 18.5 Å². The Balaban J connectivity index is 1.45. The molecule has 2 N–H and O–H groups in total. The molecule has 0 atom stereocenters. The van der Waals surface area contributed by atoms with Gasteiger partial charge in [0.1, 0.15) is 23.4 Å². The number of rotatable bonds is 6. The van der Waals surface area contributed by atoms with Crippen molar-refractivity contribution in [1.82, 2.24) is 30.2 Å². The summed E-state index contributed by atoms with van der Waals surface area (Å²) >= 11 is 0. The van der Waals surface area contributed by atoms with E-state index in [4.69, 9.17) is 9.72 Å². The van der Waals surface area contributed by atoms with Crippen molar-refractivity contribution in [3.63, 3.8) is 0 Å². The molecule has 0 amide bonds. The summed E-state index contributed by atoms with van der Waals surface area (Å²) in [5, 5.41) is 6.62. The molecule has 4 heterocycles. The second kappa shape index (κ2) is 10.1. The molecule has 1 fully saturated rings. The highest BCUT2D eigenvalue weighted by Crippen LogP contribution is 2.31. The monoisotopic (exact) mass is 474 g/mol. The van der Waals surface area contributed by atoms with Gasteiger partial charge in [0.2, 0.25) is 5.95 Å². The first kappa shape index (κ1) is 22.9. The van der Waals surface area contributed by atoms with Crippen LogP contribution in [0.3, 0.4) is 0 Å². The fraction of sp³-hybridized carbons (Fsp3) is 0.320. The van der Waals surface area contributed by atoms with Crippen LogP contribution in [0.1, 0.15) is 20.3 Å². The summed E-state index contributed by atoms with van der Waals surface area (Å²) in [4.78, 5) is 24.9. The van der Waals surface area contributed by atoms with Crippen LogP contribution in [0.5, 0.6) is 5.75 Å². The first-order chi connectivity index (χ1) is 17.1. The van der Waals surface area contributed by atoms with Gasteiger partial charge in [-0.1, -0.05) is 0 Å². The minimum Gasteiger partial charge on any atom is -0.489 e. The Labute approximate surface area is 202 Å². The molecule has 0 saturated carbocycles. The van der Waals surface area contributed by atoms with Gasteiger partial charge in [0.05, 0.1) is 23.0 Å². The van der Waals surface area contributed by atoms with Crippen LogP contribution in [-0.2, 0) is 0 Å². The van der Waals surface area contributed by atoms with Crippen LogP contribution >= 0.6 is 0 Å². The maximum atomic E-state index is 13.8. The summed E-state index contributed by atoms with van der Waals surface area (Å²) in [5.74, 6) is 1.24. The molecule has 0 radical (unpaired) electrons. The minimum absolute atomic E-state index is 0.113. The Morgan fingerprint density at radius 1 is 1.03 bits per heavy atom. The number of nitrogens with one attached hydrogen (secondary N) is 2. The van der Waals surface area contributed by atoms with Crippen molar-refractivity contribution in [3.05, 3.63) is 54.9 Å². The molecule has 4 aromatic rings. The summed E-state index contributed by atoms with van der Waals surface area (Å²) < 4.78 is 19.6.